The highest BCUT2D eigenvalue weighted by Gasteiger charge is 2.40. The zero-order valence-electron chi connectivity index (χ0n) is 12.9. The van der Waals surface area contributed by atoms with Gasteiger partial charge in [0.15, 0.2) is 0 Å². The summed E-state index contributed by atoms with van der Waals surface area (Å²) in [5.41, 5.74) is 1.34. The third-order valence-electron chi connectivity index (χ3n) is 4.67. The van der Waals surface area contributed by atoms with E-state index in [2.05, 4.69) is 33.9 Å². The van der Waals surface area contributed by atoms with E-state index < -0.39 is 10.0 Å². The van der Waals surface area contributed by atoms with E-state index in [0.29, 0.717) is 18.4 Å². The smallest absolute Gasteiger partial charge is 0.208 e. The van der Waals surface area contributed by atoms with E-state index in [1.165, 1.54) is 11.8 Å². The number of nitrogens with zero attached hydrogens (tertiary/aromatic N) is 1. The Morgan fingerprint density at radius 3 is 2.82 bits per heavy atom. The number of fused-ring (bicyclic) bond motifs is 1. The number of sulfonamides is 1. The van der Waals surface area contributed by atoms with Crippen LogP contribution in [0.3, 0.4) is 0 Å². The Morgan fingerprint density at radius 2 is 2.09 bits per heavy atom. The first kappa shape index (κ1) is 15.9. The van der Waals surface area contributed by atoms with E-state index >= 15 is 0 Å². The molecule has 2 saturated heterocycles. The Balaban J connectivity index is 1.53. The van der Waals surface area contributed by atoms with Crippen molar-refractivity contribution in [3.63, 3.8) is 0 Å². The van der Waals surface area contributed by atoms with Gasteiger partial charge >= 0.3 is 0 Å². The number of rotatable bonds is 5. The first-order valence-electron chi connectivity index (χ1n) is 7.84. The number of likely N-dealkylation sites (tertiary alicyclic amines) is 1. The molecule has 0 aliphatic carbocycles. The molecule has 1 aromatic rings. The van der Waals surface area contributed by atoms with Gasteiger partial charge < -0.3 is 4.74 Å². The second-order valence-electron chi connectivity index (χ2n) is 6.43. The molecule has 0 spiro atoms. The van der Waals surface area contributed by atoms with Crippen LogP contribution in [-0.2, 0) is 21.3 Å². The summed E-state index contributed by atoms with van der Waals surface area (Å²) in [6, 6.07) is 10.5. The lowest BCUT2D eigenvalue weighted by Gasteiger charge is -2.35. The quantitative estimate of drug-likeness (QED) is 0.880. The molecule has 6 heteroatoms. The van der Waals surface area contributed by atoms with Crippen LogP contribution in [0.25, 0.3) is 0 Å². The van der Waals surface area contributed by atoms with Gasteiger partial charge in [-0.25, -0.2) is 13.1 Å². The molecule has 3 rings (SSSR count). The van der Waals surface area contributed by atoms with Gasteiger partial charge in [-0.15, -0.1) is 0 Å². The van der Waals surface area contributed by atoms with Crippen molar-refractivity contribution in [1.29, 1.82) is 0 Å². The lowest BCUT2D eigenvalue weighted by molar-refractivity contribution is 0.0885. The summed E-state index contributed by atoms with van der Waals surface area (Å²) >= 11 is 0. The van der Waals surface area contributed by atoms with Crippen LogP contribution < -0.4 is 4.72 Å². The van der Waals surface area contributed by atoms with Crippen LogP contribution >= 0.6 is 0 Å². The molecule has 0 amide bonds. The van der Waals surface area contributed by atoms with Crippen LogP contribution in [0.1, 0.15) is 12.0 Å². The predicted octanol–water partition coefficient (Wildman–Crippen LogP) is 1.07. The number of piperidine rings is 1. The third kappa shape index (κ3) is 4.07. The minimum absolute atomic E-state index is 0.0265. The fourth-order valence-electron chi connectivity index (χ4n) is 3.59. The van der Waals surface area contributed by atoms with Crippen LogP contribution in [0.5, 0.6) is 0 Å². The Morgan fingerprint density at radius 1 is 1.32 bits per heavy atom. The first-order valence-corrected chi connectivity index (χ1v) is 9.73. The number of ether oxygens (including phenoxy) is 1. The lowest BCUT2D eigenvalue weighted by atomic mass is 9.84. The predicted molar refractivity (Wildman–Crippen MR) is 85.9 cm³/mol. The molecule has 0 saturated carbocycles. The fraction of sp³-hybridized carbons (Fsp3) is 0.625. The fourth-order valence-corrected chi connectivity index (χ4v) is 4.06. The van der Waals surface area contributed by atoms with Gasteiger partial charge in [-0.1, -0.05) is 30.3 Å². The monoisotopic (exact) mass is 324 g/mol. The lowest BCUT2D eigenvalue weighted by Crippen LogP contribution is -2.43. The molecule has 3 atom stereocenters. The van der Waals surface area contributed by atoms with Crippen molar-refractivity contribution in [2.75, 3.05) is 32.5 Å². The van der Waals surface area contributed by atoms with E-state index in [1.807, 2.05) is 6.07 Å². The SMILES string of the molecule is CS(=O)(=O)NC[C@@H]1OC[C@H]2CN(Cc3ccccc3)CC[C@H]21. The largest absolute Gasteiger partial charge is 0.376 e. The Labute approximate surface area is 132 Å². The van der Waals surface area contributed by atoms with Crippen molar-refractivity contribution < 1.29 is 13.2 Å². The zero-order valence-corrected chi connectivity index (χ0v) is 13.8. The summed E-state index contributed by atoms with van der Waals surface area (Å²) in [5.74, 6) is 0.991. The van der Waals surface area contributed by atoms with Gasteiger partial charge in [0.1, 0.15) is 0 Å². The van der Waals surface area contributed by atoms with Crippen LogP contribution in [0.15, 0.2) is 30.3 Å². The standard InChI is InChI=1S/C16H24N2O3S/c1-22(19,20)17-9-16-15-7-8-18(11-14(15)12-21-16)10-13-5-3-2-4-6-13/h2-6,14-17H,7-12H2,1H3/t14-,15-,16+/m1/s1. The molecule has 0 bridgehead atoms. The molecule has 2 fully saturated rings. The van der Waals surface area contributed by atoms with Crippen molar-refractivity contribution in [3.05, 3.63) is 35.9 Å². The molecular formula is C16H24N2O3S. The van der Waals surface area contributed by atoms with Gasteiger partial charge in [-0.3, -0.25) is 4.90 Å². The van der Waals surface area contributed by atoms with Crippen LogP contribution in [0.4, 0.5) is 0 Å². The van der Waals surface area contributed by atoms with Crippen molar-refractivity contribution in [3.8, 4) is 0 Å². The van der Waals surface area contributed by atoms with Crippen molar-refractivity contribution in [1.82, 2.24) is 9.62 Å². The average molecular weight is 324 g/mol. The molecule has 1 N–H and O–H groups in total. The van der Waals surface area contributed by atoms with Gasteiger partial charge in [0.05, 0.1) is 19.0 Å². The second kappa shape index (κ2) is 6.66. The minimum atomic E-state index is -3.14. The number of benzene rings is 1. The number of hydrogen-bond donors (Lipinski definition) is 1. The summed E-state index contributed by atoms with van der Waals surface area (Å²) in [7, 11) is -3.14. The first-order chi connectivity index (χ1) is 10.5. The van der Waals surface area contributed by atoms with Crippen LogP contribution in [-0.4, -0.2) is 51.9 Å². The van der Waals surface area contributed by atoms with Crippen molar-refractivity contribution in [2.24, 2.45) is 11.8 Å². The molecule has 5 nitrogen and oxygen atoms in total. The van der Waals surface area contributed by atoms with Gasteiger partial charge in [-0.2, -0.15) is 0 Å². The maximum atomic E-state index is 11.2. The molecule has 122 valence electrons. The summed E-state index contributed by atoms with van der Waals surface area (Å²) in [5, 5.41) is 0. The maximum absolute atomic E-state index is 11.2. The molecule has 2 aliphatic heterocycles. The van der Waals surface area contributed by atoms with E-state index in [0.717, 1.165) is 32.7 Å². The van der Waals surface area contributed by atoms with Gasteiger partial charge in [0.2, 0.25) is 10.0 Å². The summed E-state index contributed by atoms with van der Waals surface area (Å²) < 4.78 is 30.9. The molecule has 0 radical (unpaired) electrons. The molecule has 2 heterocycles. The Hall–Kier alpha value is -0.950. The van der Waals surface area contributed by atoms with E-state index in [-0.39, 0.29) is 6.10 Å². The molecule has 1 aromatic carbocycles. The third-order valence-corrected chi connectivity index (χ3v) is 5.37. The minimum Gasteiger partial charge on any atom is -0.376 e. The summed E-state index contributed by atoms with van der Waals surface area (Å²) in [6.07, 6.45) is 2.30. The van der Waals surface area contributed by atoms with Gasteiger partial charge in [0, 0.05) is 25.6 Å². The maximum Gasteiger partial charge on any atom is 0.208 e. The highest BCUT2D eigenvalue weighted by Crippen LogP contribution is 2.34. The second-order valence-corrected chi connectivity index (χ2v) is 8.26. The Kier molecular flexibility index (Phi) is 4.82. The highest BCUT2D eigenvalue weighted by molar-refractivity contribution is 7.88. The molecule has 0 aromatic heterocycles. The van der Waals surface area contributed by atoms with Gasteiger partial charge in [-0.05, 0) is 24.4 Å². The number of nitrogens with one attached hydrogen (secondary N) is 1. The highest BCUT2D eigenvalue weighted by atomic mass is 32.2. The number of hydrogen-bond acceptors (Lipinski definition) is 4. The van der Waals surface area contributed by atoms with E-state index in [9.17, 15) is 8.42 Å². The average Bonchev–Trinajstić information content (AvgIpc) is 2.88. The summed E-state index contributed by atoms with van der Waals surface area (Å²) in [6.45, 7) is 4.21. The van der Waals surface area contributed by atoms with Crippen LogP contribution in [0.2, 0.25) is 0 Å². The zero-order chi connectivity index (χ0) is 15.6. The summed E-state index contributed by atoms with van der Waals surface area (Å²) in [4.78, 5) is 2.48. The Bertz CT molecular complexity index is 591. The molecular weight excluding hydrogens is 300 g/mol. The molecule has 0 unspecified atom stereocenters. The molecule has 22 heavy (non-hydrogen) atoms. The normalized spacial score (nSPS) is 29.4. The van der Waals surface area contributed by atoms with Gasteiger partial charge in [0.25, 0.3) is 0 Å². The molecule has 2 aliphatic rings. The van der Waals surface area contributed by atoms with Crippen LogP contribution in [0, 0.1) is 11.8 Å². The van der Waals surface area contributed by atoms with Crippen molar-refractivity contribution >= 4 is 10.0 Å². The van der Waals surface area contributed by atoms with E-state index in [1.54, 1.807) is 0 Å². The topological polar surface area (TPSA) is 58.6 Å². The van der Waals surface area contributed by atoms with E-state index in [4.69, 9.17) is 4.74 Å². The van der Waals surface area contributed by atoms with Crippen molar-refractivity contribution in [2.45, 2.75) is 19.1 Å².